The zero-order valence-electron chi connectivity index (χ0n) is 12.0. The molecule has 7 heteroatoms. The van der Waals surface area contributed by atoms with Crippen molar-refractivity contribution in [2.24, 2.45) is 4.99 Å². The molecule has 0 heterocycles. The Kier molecular flexibility index (Phi) is 7.93. The van der Waals surface area contributed by atoms with Gasteiger partial charge in [-0.2, -0.15) is 0 Å². The molecule has 0 radical (unpaired) electrons. The Bertz CT molecular complexity index is 352. The van der Waals surface area contributed by atoms with Crippen molar-refractivity contribution >= 4 is 16.0 Å². The Balaban J connectivity index is 3.98. The van der Waals surface area contributed by atoms with E-state index in [9.17, 15) is 8.42 Å². The molecule has 0 fully saturated rings. The molecule has 0 rings (SSSR count). The molecule has 0 amide bonds. The summed E-state index contributed by atoms with van der Waals surface area (Å²) in [6.07, 6.45) is 1.99. The van der Waals surface area contributed by atoms with Crippen LogP contribution in [0.15, 0.2) is 4.99 Å². The molecule has 0 aromatic rings. The van der Waals surface area contributed by atoms with Crippen LogP contribution in [0.3, 0.4) is 0 Å². The van der Waals surface area contributed by atoms with Gasteiger partial charge in [0.2, 0.25) is 10.0 Å². The van der Waals surface area contributed by atoms with Crippen LogP contribution >= 0.6 is 0 Å². The van der Waals surface area contributed by atoms with E-state index in [1.165, 1.54) is 10.6 Å². The molecule has 0 aromatic carbocycles. The maximum absolute atomic E-state index is 11.4. The smallest absolute Gasteiger partial charge is 0.211 e. The van der Waals surface area contributed by atoms with E-state index in [1.807, 2.05) is 20.8 Å². The first-order valence-corrected chi connectivity index (χ1v) is 8.08. The van der Waals surface area contributed by atoms with Crippen molar-refractivity contribution in [3.8, 4) is 0 Å². The number of aliphatic imine (C=N–C) groups is 1. The van der Waals surface area contributed by atoms with E-state index in [4.69, 9.17) is 0 Å². The summed E-state index contributed by atoms with van der Waals surface area (Å²) in [6, 6.07) is 0.319. The third kappa shape index (κ3) is 7.50. The summed E-state index contributed by atoms with van der Waals surface area (Å²) in [5.41, 5.74) is 0. The SMILES string of the molecule is CCN(CCCNC(=NC)NC(C)C)S(C)(=O)=O. The van der Waals surface area contributed by atoms with Crippen LogP contribution in [0.1, 0.15) is 27.2 Å². The number of nitrogens with one attached hydrogen (secondary N) is 2. The Hall–Kier alpha value is -0.820. The molecule has 0 bridgehead atoms. The van der Waals surface area contributed by atoms with Crippen LogP contribution in [-0.2, 0) is 10.0 Å². The average Bonchev–Trinajstić information content (AvgIpc) is 2.25. The van der Waals surface area contributed by atoms with Crippen LogP contribution in [0.2, 0.25) is 0 Å². The maximum atomic E-state index is 11.4. The van der Waals surface area contributed by atoms with Crippen LogP contribution in [0.25, 0.3) is 0 Å². The average molecular weight is 278 g/mol. The highest BCUT2D eigenvalue weighted by Crippen LogP contribution is 1.98. The topological polar surface area (TPSA) is 73.8 Å². The minimum absolute atomic E-state index is 0.319. The summed E-state index contributed by atoms with van der Waals surface area (Å²) < 4.78 is 24.2. The van der Waals surface area contributed by atoms with Crippen molar-refractivity contribution in [2.45, 2.75) is 33.2 Å². The third-order valence-electron chi connectivity index (χ3n) is 2.35. The summed E-state index contributed by atoms with van der Waals surface area (Å²) in [5, 5.41) is 6.32. The fraction of sp³-hybridized carbons (Fsp3) is 0.909. The Morgan fingerprint density at radius 2 is 2.00 bits per heavy atom. The molecule has 0 aliphatic rings. The predicted octanol–water partition coefficient (Wildman–Crippen LogP) is 0.231. The van der Waals surface area contributed by atoms with Gasteiger partial charge in [0.25, 0.3) is 0 Å². The highest BCUT2D eigenvalue weighted by atomic mass is 32.2. The van der Waals surface area contributed by atoms with Crippen LogP contribution in [-0.4, -0.2) is 57.7 Å². The molecule has 0 saturated carbocycles. The molecular formula is C11H26N4O2S. The first-order valence-electron chi connectivity index (χ1n) is 6.23. The van der Waals surface area contributed by atoms with E-state index in [0.29, 0.717) is 25.7 Å². The summed E-state index contributed by atoms with van der Waals surface area (Å²) >= 11 is 0. The van der Waals surface area contributed by atoms with E-state index in [1.54, 1.807) is 7.05 Å². The zero-order chi connectivity index (χ0) is 14.2. The van der Waals surface area contributed by atoms with Crippen molar-refractivity contribution in [1.82, 2.24) is 14.9 Å². The van der Waals surface area contributed by atoms with Crippen LogP contribution in [0, 0.1) is 0 Å². The fourth-order valence-corrected chi connectivity index (χ4v) is 2.42. The lowest BCUT2D eigenvalue weighted by atomic mass is 10.4. The molecular weight excluding hydrogens is 252 g/mol. The second-order valence-electron chi connectivity index (χ2n) is 4.41. The van der Waals surface area contributed by atoms with Gasteiger partial charge in [0.05, 0.1) is 6.26 Å². The molecule has 0 atom stereocenters. The molecule has 0 aliphatic carbocycles. The van der Waals surface area contributed by atoms with E-state index >= 15 is 0 Å². The molecule has 6 nitrogen and oxygen atoms in total. The maximum Gasteiger partial charge on any atom is 0.211 e. The largest absolute Gasteiger partial charge is 0.356 e. The number of sulfonamides is 1. The van der Waals surface area contributed by atoms with Gasteiger partial charge in [-0.15, -0.1) is 0 Å². The molecule has 0 aromatic heterocycles. The Labute approximate surface area is 111 Å². The van der Waals surface area contributed by atoms with Crippen molar-refractivity contribution in [3.05, 3.63) is 0 Å². The molecule has 2 N–H and O–H groups in total. The molecule has 0 spiro atoms. The van der Waals surface area contributed by atoms with Gasteiger partial charge in [-0.05, 0) is 20.3 Å². The summed E-state index contributed by atoms with van der Waals surface area (Å²) in [7, 11) is -1.37. The highest BCUT2D eigenvalue weighted by Gasteiger charge is 2.13. The number of hydrogen-bond acceptors (Lipinski definition) is 3. The van der Waals surface area contributed by atoms with Gasteiger partial charge in [-0.3, -0.25) is 4.99 Å². The van der Waals surface area contributed by atoms with Crippen molar-refractivity contribution in [2.75, 3.05) is 32.9 Å². The highest BCUT2D eigenvalue weighted by molar-refractivity contribution is 7.88. The molecule has 18 heavy (non-hydrogen) atoms. The Morgan fingerprint density at radius 3 is 2.39 bits per heavy atom. The Morgan fingerprint density at radius 1 is 1.39 bits per heavy atom. The molecule has 0 unspecified atom stereocenters. The van der Waals surface area contributed by atoms with Gasteiger partial charge in [-0.25, -0.2) is 12.7 Å². The molecule has 0 aliphatic heterocycles. The van der Waals surface area contributed by atoms with E-state index < -0.39 is 10.0 Å². The second kappa shape index (κ2) is 8.31. The monoisotopic (exact) mass is 278 g/mol. The normalized spacial score (nSPS) is 13.2. The number of rotatable bonds is 7. The number of hydrogen-bond donors (Lipinski definition) is 2. The number of nitrogens with zero attached hydrogens (tertiary/aromatic N) is 2. The standard InChI is InChI=1S/C11H26N4O2S/c1-6-15(18(5,16)17)9-7-8-13-11(12-4)14-10(2)3/h10H,6-9H2,1-5H3,(H2,12,13,14). The van der Waals surface area contributed by atoms with Crippen LogP contribution in [0.4, 0.5) is 0 Å². The molecule has 0 saturated heterocycles. The van der Waals surface area contributed by atoms with E-state index in [-0.39, 0.29) is 0 Å². The van der Waals surface area contributed by atoms with Gasteiger partial charge in [0.1, 0.15) is 0 Å². The first kappa shape index (κ1) is 17.2. The lowest BCUT2D eigenvalue weighted by molar-refractivity contribution is 0.424. The van der Waals surface area contributed by atoms with Crippen LogP contribution < -0.4 is 10.6 Å². The summed E-state index contributed by atoms with van der Waals surface area (Å²) in [6.45, 7) is 7.65. The quantitative estimate of drug-likeness (QED) is 0.397. The van der Waals surface area contributed by atoms with E-state index in [0.717, 1.165) is 12.4 Å². The summed E-state index contributed by atoms with van der Waals surface area (Å²) in [4.78, 5) is 4.08. The van der Waals surface area contributed by atoms with Crippen molar-refractivity contribution in [3.63, 3.8) is 0 Å². The van der Waals surface area contributed by atoms with E-state index in [2.05, 4.69) is 15.6 Å². The van der Waals surface area contributed by atoms with Gasteiger partial charge < -0.3 is 10.6 Å². The van der Waals surface area contributed by atoms with Crippen molar-refractivity contribution < 1.29 is 8.42 Å². The van der Waals surface area contributed by atoms with Gasteiger partial charge >= 0.3 is 0 Å². The summed E-state index contributed by atoms with van der Waals surface area (Å²) in [5.74, 6) is 0.743. The lowest BCUT2D eigenvalue weighted by Crippen LogP contribution is -2.42. The minimum Gasteiger partial charge on any atom is -0.356 e. The second-order valence-corrected chi connectivity index (χ2v) is 6.39. The van der Waals surface area contributed by atoms with Gasteiger partial charge in [0.15, 0.2) is 5.96 Å². The van der Waals surface area contributed by atoms with Crippen molar-refractivity contribution in [1.29, 1.82) is 0 Å². The lowest BCUT2D eigenvalue weighted by Gasteiger charge is -2.18. The molecule has 108 valence electrons. The first-order chi connectivity index (χ1) is 8.31. The number of guanidine groups is 1. The third-order valence-corrected chi connectivity index (χ3v) is 3.73. The fourth-order valence-electron chi connectivity index (χ4n) is 1.49. The zero-order valence-corrected chi connectivity index (χ0v) is 12.8. The predicted molar refractivity (Wildman–Crippen MR) is 76.3 cm³/mol. The van der Waals surface area contributed by atoms with Gasteiger partial charge in [0, 0.05) is 32.7 Å². The minimum atomic E-state index is -3.08. The van der Waals surface area contributed by atoms with Gasteiger partial charge in [-0.1, -0.05) is 6.92 Å². The van der Waals surface area contributed by atoms with Crippen LogP contribution in [0.5, 0.6) is 0 Å².